The van der Waals surface area contributed by atoms with Gasteiger partial charge >= 0.3 is 0 Å². The van der Waals surface area contributed by atoms with Crippen molar-refractivity contribution in [2.45, 2.75) is 26.4 Å². The number of nitrogens with zero attached hydrogens (tertiary/aromatic N) is 1. The van der Waals surface area contributed by atoms with Crippen LogP contribution in [0.4, 0.5) is 11.5 Å². The van der Waals surface area contributed by atoms with Crippen molar-refractivity contribution in [2.75, 3.05) is 24.2 Å². The molecule has 18 heavy (non-hydrogen) atoms. The van der Waals surface area contributed by atoms with Crippen molar-refractivity contribution in [3.05, 3.63) is 17.8 Å². The first-order valence-electron chi connectivity index (χ1n) is 5.80. The van der Waals surface area contributed by atoms with Crippen molar-refractivity contribution in [3.8, 4) is 0 Å². The Morgan fingerprint density at radius 2 is 2.17 bits per heavy atom. The highest BCUT2D eigenvalue weighted by atomic mass is 16.5. The van der Waals surface area contributed by atoms with Crippen LogP contribution in [-0.4, -0.2) is 29.6 Å². The molecule has 1 rings (SSSR count). The highest BCUT2D eigenvalue weighted by Gasteiger charge is 2.18. The molecule has 0 spiro atoms. The molecule has 0 unspecified atom stereocenters. The first-order chi connectivity index (χ1) is 8.35. The quantitative estimate of drug-likeness (QED) is 0.700. The Hall–Kier alpha value is -1.82. The largest absolute Gasteiger partial charge is 0.396 e. The summed E-state index contributed by atoms with van der Waals surface area (Å²) < 4.78 is 5.55. The molecule has 0 saturated heterocycles. The zero-order valence-corrected chi connectivity index (χ0v) is 11.0. The minimum Gasteiger partial charge on any atom is -0.396 e. The van der Waals surface area contributed by atoms with E-state index in [0.717, 1.165) is 0 Å². The van der Waals surface area contributed by atoms with Crippen LogP contribution in [0.2, 0.25) is 0 Å². The van der Waals surface area contributed by atoms with E-state index < -0.39 is 5.91 Å². The molecule has 6 nitrogen and oxygen atoms in total. The van der Waals surface area contributed by atoms with Crippen molar-refractivity contribution in [1.29, 1.82) is 0 Å². The van der Waals surface area contributed by atoms with Gasteiger partial charge < -0.3 is 21.5 Å². The highest BCUT2D eigenvalue weighted by Crippen LogP contribution is 2.17. The number of pyridine rings is 1. The summed E-state index contributed by atoms with van der Waals surface area (Å²) >= 11 is 0. The molecule has 0 aliphatic heterocycles. The Labute approximate surface area is 107 Å². The van der Waals surface area contributed by atoms with E-state index in [-0.39, 0.29) is 11.3 Å². The molecule has 6 heteroatoms. The van der Waals surface area contributed by atoms with Gasteiger partial charge in [0.2, 0.25) is 0 Å². The number of hydrogen-bond acceptors (Lipinski definition) is 5. The predicted octanol–water partition coefficient (Wildman–Crippen LogP) is 0.990. The molecule has 0 aliphatic carbocycles. The predicted molar refractivity (Wildman–Crippen MR) is 71.4 cm³/mol. The first kappa shape index (κ1) is 14.2. The van der Waals surface area contributed by atoms with Gasteiger partial charge in [0.15, 0.2) is 0 Å². The number of amides is 1. The maximum absolute atomic E-state index is 11.0. The molecule has 1 heterocycles. The summed E-state index contributed by atoms with van der Waals surface area (Å²) in [6.07, 6.45) is 0. The molecule has 1 aromatic heterocycles. The van der Waals surface area contributed by atoms with E-state index in [9.17, 15) is 4.79 Å². The van der Waals surface area contributed by atoms with Crippen molar-refractivity contribution in [2.24, 2.45) is 5.73 Å². The average molecular weight is 252 g/mol. The molecular formula is C12H20N4O2. The van der Waals surface area contributed by atoms with E-state index in [4.69, 9.17) is 16.2 Å². The molecule has 100 valence electrons. The molecule has 0 aromatic carbocycles. The molecular weight excluding hydrogens is 232 g/mol. The van der Waals surface area contributed by atoms with Crippen molar-refractivity contribution in [3.63, 3.8) is 0 Å². The molecule has 0 aliphatic rings. The number of ether oxygens (including phenoxy) is 1. The lowest BCUT2D eigenvalue weighted by Crippen LogP contribution is -2.34. The second kappa shape index (κ2) is 5.68. The zero-order chi connectivity index (χ0) is 13.8. The maximum Gasteiger partial charge on any atom is 0.267 e. The van der Waals surface area contributed by atoms with Gasteiger partial charge in [0, 0.05) is 13.2 Å². The van der Waals surface area contributed by atoms with Crippen LogP contribution in [0, 0.1) is 0 Å². The SMILES string of the molecule is CCOC(C)(C)CNc1nc(C(N)=O)ccc1N. The average Bonchev–Trinajstić information content (AvgIpc) is 2.27. The fourth-order valence-electron chi connectivity index (χ4n) is 1.49. The molecule has 1 amide bonds. The molecule has 0 bridgehead atoms. The Morgan fingerprint density at radius 3 is 2.72 bits per heavy atom. The van der Waals surface area contributed by atoms with E-state index >= 15 is 0 Å². The van der Waals surface area contributed by atoms with Crippen LogP contribution in [0.1, 0.15) is 31.3 Å². The lowest BCUT2D eigenvalue weighted by atomic mass is 10.1. The third kappa shape index (κ3) is 3.89. The van der Waals surface area contributed by atoms with Crippen LogP contribution < -0.4 is 16.8 Å². The third-order valence-electron chi connectivity index (χ3n) is 2.40. The van der Waals surface area contributed by atoms with Crippen LogP contribution in [0.25, 0.3) is 0 Å². The molecule has 0 fully saturated rings. The number of hydrogen-bond donors (Lipinski definition) is 3. The summed E-state index contributed by atoms with van der Waals surface area (Å²) in [5, 5.41) is 3.06. The minimum absolute atomic E-state index is 0.181. The van der Waals surface area contributed by atoms with Crippen molar-refractivity contribution >= 4 is 17.4 Å². The third-order valence-corrected chi connectivity index (χ3v) is 2.40. The maximum atomic E-state index is 11.0. The molecule has 0 atom stereocenters. The minimum atomic E-state index is -0.581. The van der Waals surface area contributed by atoms with Gasteiger partial charge in [-0.25, -0.2) is 4.98 Å². The van der Waals surface area contributed by atoms with Gasteiger partial charge in [0.1, 0.15) is 11.5 Å². The van der Waals surface area contributed by atoms with Crippen molar-refractivity contribution in [1.82, 2.24) is 4.98 Å². The smallest absolute Gasteiger partial charge is 0.267 e. The number of rotatable bonds is 6. The Morgan fingerprint density at radius 1 is 1.50 bits per heavy atom. The summed E-state index contributed by atoms with van der Waals surface area (Å²) in [5.74, 6) is -0.138. The van der Waals surface area contributed by atoms with Gasteiger partial charge in [-0.3, -0.25) is 4.79 Å². The van der Waals surface area contributed by atoms with Crippen LogP contribution in [0.3, 0.4) is 0 Å². The van der Waals surface area contributed by atoms with E-state index in [2.05, 4.69) is 10.3 Å². The number of nitrogens with two attached hydrogens (primary N) is 2. The van der Waals surface area contributed by atoms with Crippen LogP contribution in [0.15, 0.2) is 12.1 Å². The van der Waals surface area contributed by atoms with E-state index in [1.165, 1.54) is 6.07 Å². The topological polar surface area (TPSA) is 103 Å². The number of nitrogens with one attached hydrogen (secondary N) is 1. The number of anilines is 2. The Bertz CT molecular complexity index is 432. The van der Waals surface area contributed by atoms with Crippen LogP contribution in [-0.2, 0) is 4.74 Å². The first-order valence-corrected chi connectivity index (χ1v) is 5.80. The number of nitrogen functional groups attached to an aromatic ring is 1. The number of carbonyl (C=O) groups is 1. The second-order valence-electron chi connectivity index (χ2n) is 4.54. The van der Waals surface area contributed by atoms with E-state index in [1.54, 1.807) is 6.07 Å². The molecule has 1 aromatic rings. The number of carbonyl (C=O) groups excluding carboxylic acids is 1. The summed E-state index contributed by atoms with van der Waals surface area (Å²) in [7, 11) is 0. The molecule has 0 saturated carbocycles. The zero-order valence-electron chi connectivity index (χ0n) is 11.0. The van der Waals surface area contributed by atoms with Crippen LogP contribution in [0.5, 0.6) is 0 Å². The summed E-state index contributed by atoms with van der Waals surface area (Å²) in [5.41, 5.74) is 11.2. The Balaban J connectivity index is 2.78. The lowest BCUT2D eigenvalue weighted by molar-refractivity contribution is 0.000654. The van der Waals surface area contributed by atoms with Crippen LogP contribution >= 0.6 is 0 Å². The number of aromatic nitrogens is 1. The lowest BCUT2D eigenvalue weighted by Gasteiger charge is -2.25. The number of primary amides is 1. The van der Waals surface area contributed by atoms with Gasteiger partial charge in [-0.2, -0.15) is 0 Å². The van der Waals surface area contributed by atoms with E-state index in [1.807, 2.05) is 20.8 Å². The van der Waals surface area contributed by atoms with E-state index in [0.29, 0.717) is 24.7 Å². The van der Waals surface area contributed by atoms with Gasteiger partial charge in [0.05, 0.1) is 11.3 Å². The van der Waals surface area contributed by atoms with Gasteiger partial charge in [-0.1, -0.05) is 0 Å². The second-order valence-corrected chi connectivity index (χ2v) is 4.54. The summed E-state index contributed by atoms with van der Waals surface area (Å²) in [6, 6.07) is 3.10. The standard InChI is InChI=1S/C12H20N4O2/c1-4-18-12(2,3)7-15-11-8(13)5-6-9(16-11)10(14)17/h5-6H,4,7,13H2,1-3H3,(H2,14,17)(H,15,16). The van der Waals surface area contributed by atoms with Gasteiger partial charge in [-0.15, -0.1) is 0 Å². The van der Waals surface area contributed by atoms with Crippen molar-refractivity contribution < 1.29 is 9.53 Å². The summed E-state index contributed by atoms with van der Waals surface area (Å²) in [4.78, 5) is 15.1. The van der Waals surface area contributed by atoms with Gasteiger partial charge in [-0.05, 0) is 32.9 Å². The Kier molecular flexibility index (Phi) is 4.49. The monoisotopic (exact) mass is 252 g/mol. The molecule has 0 radical (unpaired) electrons. The summed E-state index contributed by atoms with van der Waals surface area (Å²) in [6.45, 7) is 7.00. The fraction of sp³-hybridized carbons (Fsp3) is 0.500. The normalized spacial score (nSPS) is 11.3. The fourth-order valence-corrected chi connectivity index (χ4v) is 1.49. The van der Waals surface area contributed by atoms with Gasteiger partial charge in [0.25, 0.3) is 5.91 Å². The molecule has 5 N–H and O–H groups in total. The highest BCUT2D eigenvalue weighted by molar-refractivity contribution is 5.91.